The highest BCUT2D eigenvalue weighted by Gasteiger charge is 2.13. The minimum absolute atomic E-state index is 0.209. The van der Waals surface area contributed by atoms with E-state index in [0.717, 1.165) is 0 Å². The number of aromatic amines is 1. The van der Waals surface area contributed by atoms with E-state index in [1.165, 1.54) is 23.5 Å². The Hall–Kier alpha value is -3.45. The van der Waals surface area contributed by atoms with Crippen molar-refractivity contribution in [3.05, 3.63) is 82.4 Å². The number of hydrogen-bond donors (Lipinski definition) is 3. The minimum atomic E-state index is -0.396. The lowest BCUT2D eigenvalue weighted by atomic mass is 10.2. The first kappa shape index (κ1) is 17.0. The molecule has 0 atom stereocenters. The van der Waals surface area contributed by atoms with Crippen LogP contribution in [0.1, 0.15) is 20.2 Å². The Labute approximate surface area is 157 Å². The molecule has 0 aliphatic rings. The van der Waals surface area contributed by atoms with E-state index >= 15 is 0 Å². The Balaban J connectivity index is 1.51. The Morgan fingerprint density at radius 2 is 1.63 bits per heavy atom. The van der Waals surface area contributed by atoms with Crippen LogP contribution in [0.5, 0.6) is 0 Å². The van der Waals surface area contributed by atoms with Gasteiger partial charge in [-0.15, -0.1) is 11.3 Å². The number of carbonyl (C=O) groups is 2. The van der Waals surface area contributed by atoms with Gasteiger partial charge in [-0.3, -0.25) is 9.59 Å². The summed E-state index contributed by atoms with van der Waals surface area (Å²) in [6.45, 7) is 0. The molecule has 0 unspecified atom stereocenters. The summed E-state index contributed by atoms with van der Waals surface area (Å²) in [5.41, 5.74) is 1.89. The quantitative estimate of drug-likeness (QED) is 0.473. The van der Waals surface area contributed by atoms with Gasteiger partial charge in [-0.25, -0.2) is 4.39 Å². The van der Waals surface area contributed by atoms with Gasteiger partial charge in [0.1, 0.15) is 11.5 Å². The van der Waals surface area contributed by atoms with Gasteiger partial charge in [0.2, 0.25) is 0 Å². The van der Waals surface area contributed by atoms with Gasteiger partial charge in [0.25, 0.3) is 11.8 Å². The summed E-state index contributed by atoms with van der Waals surface area (Å²) in [6.07, 6.45) is 0. The number of anilines is 2. The van der Waals surface area contributed by atoms with E-state index in [1.54, 1.807) is 48.5 Å². The number of H-pyrrole nitrogens is 1. The summed E-state index contributed by atoms with van der Waals surface area (Å²) >= 11 is 1.35. The predicted octanol–water partition coefficient (Wildman–Crippen LogP) is 4.87. The van der Waals surface area contributed by atoms with Crippen molar-refractivity contribution in [2.75, 3.05) is 10.6 Å². The molecule has 0 fully saturated rings. The van der Waals surface area contributed by atoms with Crippen LogP contribution in [-0.2, 0) is 0 Å². The Kier molecular flexibility index (Phi) is 4.43. The molecule has 3 N–H and O–H groups in total. The normalized spacial score (nSPS) is 10.7. The second-order valence-corrected chi connectivity index (χ2v) is 6.80. The number of aromatic nitrogens is 1. The zero-order valence-corrected chi connectivity index (χ0v) is 14.8. The third kappa shape index (κ3) is 3.58. The van der Waals surface area contributed by atoms with Crippen LogP contribution in [0, 0.1) is 5.82 Å². The van der Waals surface area contributed by atoms with Crippen LogP contribution in [0.3, 0.4) is 0 Å². The summed E-state index contributed by atoms with van der Waals surface area (Å²) in [6, 6.07) is 16.5. The number of hydrogen-bond acceptors (Lipinski definition) is 3. The standard InChI is InChI=1S/C20H14FN3O2S/c21-15-6-2-7-16-14(15)11-17(24-16)19(25)22-12-4-1-5-13(10-12)23-20(26)18-8-3-9-27-18/h1-11,24H,(H,22,25)(H,23,26). The van der Waals surface area contributed by atoms with Gasteiger partial charge in [0.05, 0.1) is 4.88 Å². The third-order valence-electron chi connectivity index (χ3n) is 3.98. The Morgan fingerprint density at radius 3 is 2.33 bits per heavy atom. The SMILES string of the molecule is O=C(Nc1cccc(NC(=O)c2cccs2)c1)c1cc2c(F)cccc2[nH]1. The van der Waals surface area contributed by atoms with Crippen molar-refractivity contribution in [2.45, 2.75) is 0 Å². The fourth-order valence-corrected chi connectivity index (χ4v) is 3.33. The monoisotopic (exact) mass is 379 g/mol. The van der Waals surface area contributed by atoms with E-state index in [9.17, 15) is 14.0 Å². The van der Waals surface area contributed by atoms with Crippen molar-refractivity contribution < 1.29 is 14.0 Å². The number of rotatable bonds is 4. The average molecular weight is 379 g/mol. The van der Waals surface area contributed by atoms with Gasteiger partial charge in [-0.2, -0.15) is 0 Å². The van der Waals surface area contributed by atoms with E-state index in [2.05, 4.69) is 15.6 Å². The number of halogens is 1. The predicted molar refractivity (Wildman–Crippen MR) is 105 cm³/mol. The first-order chi connectivity index (χ1) is 13.1. The molecule has 0 radical (unpaired) electrons. The zero-order chi connectivity index (χ0) is 18.8. The molecular weight excluding hydrogens is 365 g/mol. The Bertz CT molecular complexity index is 1140. The molecule has 2 heterocycles. The number of carbonyl (C=O) groups excluding carboxylic acids is 2. The molecule has 5 nitrogen and oxygen atoms in total. The second kappa shape index (κ2) is 7.05. The molecular formula is C20H14FN3O2S. The maximum atomic E-state index is 13.8. The van der Waals surface area contributed by atoms with E-state index in [1.807, 2.05) is 5.38 Å². The highest BCUT2D eigenvalue weighted by atomic mass is 32.1. The molecule has 2 aromatic carbocycles. The lowest BCUT2D eigenvalue weighted by Gasteiger charge is -2.08. The summed E-state index contributed by atoms with van der Waals surface area (Å²) < 4.78 is 13.8. The molecule has 4 rings (SSSR count). The number of amides is 2. The fraction of sp³-hybridized carbons (Fsp3) is 0. The molecule has 0 saturated heterocycles. The Morgan fingerprint density at radius 1 is 0.889 bits per heavy atom. The van der Waals surface area contributed by atoms with Gasteiger partial charge >= 0.3 is 0 Å². The smallest absolute Gasteiger partial charge is 0.272 e. The molecule has 0 aliphatic carbocycles. The molecule has 0 aliphatic heterocycles. The van der Waals surface area contributed by atoms with Gasteiger partial charge < -0.3 is 15.6 Å². The van der Waals surface area contributed by atoms with Crippen molar-refractivity contribution in [2.24, 2.45) is 0 Å². The molecule has 27 heavy (non-hydrogen) atoms. The lowest BCUT2D eigenvalue weighted by molar-refractivity contribution is 0.101. The molecule has 2 aromatic heterocycles. The molecule has 0 bridgehead atoms. The summed E-state index contributed by atoms with van der Waals surface area (Å²) in [4.78, 5) is 28.1. The van der Waals surface area contributed by atoms with Gasteiger partial charge in [-0.05, 0) is 47.8 Å². The molecule has 4 aromatic rings. The van der Waals surface area contributed by atoms with Crippen molar-refractivity contribution in [1.29, 1.82) is 0 Å². The maximum Gasteiger partial charge on any atom is 0.272 e. The summed E-state index contributed by atoms with van der Waals surface area (Å²) in [5.74, 6) is -0.993. The largest absolute Gasteiger partial charge is 0.350 e. The molecule has 0 spiro atoms. The van der Waals surface area contributed by atoms with Crippen molar-refractivity contribution in [3.8, 4) is 0 Å². The van der Waals surface area contributed by atoms with Crippen LogP contribution in [0.2, 0.25) is 0 Å². The van der Waals surface area contributed by atoms with Crippen LogP contribution in [0.4, 0.5) is 15.8 Å². The van der Waals surface area contributed by atoms with Crippen molar-refractivity contribution >= 4 is 45.4 Å². The number of benzene rings is 2. The first-order valence-corrected chi connectivity index (χ1v) is 9.01. The topological polar surface area (TPSA) is 74.0 Å². The third-order valence-corrected chi connectivity index (χ3v) is 4.85. The summed E-state index contributed by atoms with van der Waals surface area (Å²) in [7, 11) is 0. The molecule has 0 saturated carbocycles. The van der Waals surface area contributed by atoms with E-state index in [0.29, 0.717) is 27.2 Å². The highest BCUT2D eigenvalue weighted by Crippen LogP contribution is 2.21. The van der Waals surface area contributed by atoms with Crippen LogP contribution in [0.15, 0.2) is 66.0 Å². The molecule has 134 valence electrons. The fourth-order valence-electron chi connectivity index (χ4n) is 2.71. The van der Waals surface area contributed by atoms with Crippen molar-refractivity contribution in [3.63, 3.8) is 0 Å². The van der Waals surface area contributed by atoms with Crippen LogP contribution >= 0.6 is 11.3 Å². The number of thiophene rings is 1. The minimum Gasteiger partial charge on any atom is -0.350 e. The van der Waals surface area contributed by atoms with E-state index < -0.39 is 5.91 Å². The molecule has 7 heteroatoms. The maximum absolute atomic E-state index is 13.8. The van der Waals surface area contributed by atoms with E-state index in [-0.39, 0.29) is 17.4 Å². The zero-order valence-electron chi connectivity index (χ0n) is 14.0. The van der Waals surface area contributed by atoms with Gasteiger partial charge in [-0.1, -0.05) is 18.2 Å². The van der Waals surface area contributed by atoms with Crippen LogP contribution in [-0.4, -0.2) is 16.8 Å². The first-order valence-electron chi connectivity index (χ1n) is 8.14. The average Bonchev–Trinajstić information content (AvgIpc) is 3.32. The van der Waals surface area contributed by atoms with Crippen LogP contribution in [0.25, 0.3) is 10.9 Å². The van der Waals surface area contributed by atoms with Crippen LogP contribution < -0.4 is 10.6 Å². The van der Waals surface area contributed by atoms with Gasteiger partial charge in [0.15, 0.2) is 0 Å². The number of nitrogens with one attached hydrogen (secondary N) is 3. The molecule has 2 amide bonds. The summed E-state index contributed by atoms with van der Waals surface area (Å²) in [5, 5.41) is 7.72. The van der Waals surface area contributed by atoms with Crippen molar-refractivity contribution in [1.82, 2.24) is 4.98 Å². The number of fused-ring (bicyclic) bond motifs is 1. The highest BCUT2D eigenvalue weighted by molar-refractivity contribution is 7.12. The van der Waals surface area contributed by atoms with E-state index in [4.69, 9.17) is 0 Å². The van der Waals surface area contributed by atoms with Gasteiger partial charge in [0, 0.05) is 22.3 Å². The lowest BCUT2D eigenvalue weighted by Crippen LogP contribution is -2.13. The second-order valence-electron chi connectivity index (χ2n) is 5.85.